The van der Waals surface area contributed by atoms with E-state index in [4.69, 9.17) is 4.74 Å². The first-order chi connectivity index (χ1) is 15.5. The van der Waals surface area contributed by atoms with Gasteiger partial charge in [-0.2, -0.15) is 0 Å². The first kappa shape index (κ1) is 28.7. The lowest BCUT2D eigenvalue weighted by Gasteiger charge is -2.30. The highest BCUT2D eigenvalue weighted by molar-refractivity contribution is 14.0. The van der Waals surface area contributed by atoms with Crippen LogP contribution in [0.3, 0.4) is 0 Å². The van der Waals surface area contributed by atoms with Crippen LogP contribution in [-0.4, -0.2) is 69.1 Å². The maximum absolute atomic E-state index is 11.7. The number of halogens is 1. The fourth-order valence-corrected chi connectivity index (χ4v) is 3.42. The van der Waals surface area contributed by atoms with Gasteiger partial charge in [-0.25, -0.2) is 0 Å². The fraction of sp³-hybridized carbons (Fsp3) is 0.440. The minimum absolute atomic E-state index is 0. The van der Waals surface area contributed by atoms with E-state index < -0.39 is 0 Å². The third-order valence-corrected chi connectivity index (χ3v) is 5.34. The summed E-state index contributed by atoms with van der Waals surface area (Å²) < 4.78 is 5.61. The molecule has 0 bridgehead atoms. The molecule has 2 aromatic carbocycles. The second-order valence-electron chi connectivity index (χ2n) is 7.68. The van der Waals surface area contributed by atoms with E-state index in [1.165, 1.54) is 10.5 Å². The van der Waals surface area contributed by atoms with Crippen LogP contribution in [0, 0.1) is 0 Å². The molecule has 0 saturated carbocycles. The maximum atomic E-state index is 11.7. The molecule has 0 aliphatic heterocycles. The standard InChI is InChI=1S/C25H37N5O2.HI/c1-6-30(7-2)23(21-13-9-8-10-14-21)18-28-25(26-3)27-17-20-12-11-15-22(16-20)32-19-24(31)29(4)5;/h8-16,23H,6-7,17-19H2,1-5H3,(H2,26,27,28);1H. The molecular formula is C25H38IN5O2. The van der Waals surface area contributed by atoms with Crippen LogP contribution >= 0.6 is 24.0 Å². The SMILES string of the molecule is CCN(CC)C(CNC(=NC)NCc1cccc(OCC(=O)N(C)C)c1)c1ccccc1.I. The number of hydrogen-bond acceptors (Lipinski definition) is 4. The smallest absolute Gasteiger partial charge is 0.259 e. The molecule has 0 spiro atoms. The summed E-state index contributed by atoms with van der Waals surface area (Å²) in [5.41, 5.74) is 2.34. The first-order valence-electron chi connectivity index (χ1n) is 11.1. The van der Waals surface area contributed by atoms with Crippen LogP contribution in [0.4, 0.5) is 0 Å². The minimum atomic E-state index is -0.0701. The van der Waals surface area contributed by atoms with Gasteiger partial charge in [0.2, 0.25) is 0 Å². The summed E-state index contributed by atoms with van der Waals surface area (Å²) >= 11 is 0. The summed E-state index contributed by atoms with van der Waals surface area (Å²) in [6, 6.07) is 18.6. The molecule has 1 unspecified atom stereocenters. The number of hydrogen-bond donors (Lipinski definition) is 2. The van der Waals surface area contributed by atoms with Gasteiger partial charge in [0, 0.05) is 34.2 Å². The molecule has 2 rings (SSSR count). The van der Waals surface area contributed by atoms with Crippen LogP contribution in [-0.2, 0) is 11.3 Å². The second kappa shape index (κ2) is 15.5. The largest absolute Gasteiger partial charge is 0.484 e. The van der Waals surface area contributed by atoms with Gasteiger partial charge in [-0.15, -0.1) is 24.0 Å². The van der Waals surface area contributed by atoms with Gasteiger partial charge in [-0.05, 0) is 36.3 Å². The molecule has 7 nitrogen and oxygen atoms in total. The Labute approximate surface area is 215 Å². The van der Waals surface area contributed by atoms with Gasteiger partial charge in [0.05, 0.1) is 6.04 Å². The molecule has 0 heterocycles. The van der Waals surface area contributed by atoms with E-state index in [0.29, 0.717) is 12.3 Å². The van der Waals surface area contributed by atoms with Crippen LogP contribution in [0.15, 0.2) is 59.6 Å². The van der Waals surface area contributed by atoms with Crippen molar-refractivity contribution in [2.75, 3.05) is 47.4 Å². The van der Waals surface area contributed by atoms with Crippen molar-refractivity contribution in [3.63, 3.8) is 0 Å². The Morgan fingerprint density at radius 1 is 1.03 bits per heavy atom. The predicted molar refractivity (Wildman–Crippen MR) is 146 cm³/mol. The third-order valence-electron chi connectivity index (χ3n) is 5.34. The average molecular weight is 568 g/mol. The topological polar surface area (TPSA) is 69.2 Å². The molecule has 8 heteroatoms. The molecule has 2 aromatic rings. The Kier molecular flexibility index (Phi) is 13.5. The molecule has 0 aliphatic rings. The Morgan fingerprint density at radius 2 is 1.73 bits per heavy atom. The Hall–Kier alpha value is -2.33. The van der Waals surface area contributed by atoms with Gasteiger partial charge in [-0.3, -0.25) is 14.7 Å². The summed E-state index contributed by atoms with van der Waals surface area (Å²) in [7, 11) is 5.21. The van der Waals surface area contributed by atoms with Gasteiger partial charge in [0.1, 0.15) is 5.75 Å². The zero-order chi connectivity index (χ0) is 23.3. The van der Waals surface area contributed by atoms with Crippen molar-refractivity contribution in [3.8, 4) is 5.75 Å². The number of rotatable bonds is 11. The molecule has 0 aromatic heterocycles. The monoisotopic (exact) mass is 567 g/mol. The summed E-state index contributed by atoms with van der Waals surface area (Å²) in [5.74, 6) is 1.35. The van der Waals surface area contributed by atoms with Crippen LogP contribution in [0.5, 0.6) is 5.75 Å². The van der Waals surface area contributed by atoms with Gasteiger partial charge in [-0.1, -0.05) is 56.3 Å². The normalized spacial score (nSPS) is 12.0. The molecule has 1 amide bonds. The quantitative estimate of drug-likeness (QED) is 0.247. The third kappa shape index (κ3) is 9.59. The van der Waals surface area contributed by atoms with Crippen LogP contribution < -0.4 is 15.4 Å². The number of carbonyl (C=O) groups is 1. The van der Waals surface area contributed by atoms with E-state index in [-0.39, 0.29) is 42.5 Å². The van der Waals surface area contributed by atoms with E-state index >= 15 is 0 Å². The van der Waals surface area contributed by atoms with Crippen LogP contribution in [0.25, 0.3) is 0 Å². The molecule has 0 aliphatic carbocycles. The number of carbonyl (C=O) groups excluding carboxylic acids is 1. The Bertz CT molecular complexity index is 857. The molecule has 1 atom stereocenters. The highest BCUT2D eigenvalue weighted by Gasteiger charge is 2.18. The molecule has 0 fully saturated rings. The minimum Gasteiger partial charge on any atom is -0.484 e. The van der Waals surface area contributed by atoms with Gasteiger partial charge in [0.15, 0.2) is 12.6 Å². The van der Waals surface area contributed by atoms with Crippen LogP contribution in [0.1, 0.15) is 31.0 Å². The number of benzene rings is 2. The lowest BCUT2D eigenvalue weighted by atomic mass is 10.1. The Morgan fingerprint density at radius 3 is 2.33 bits per heavy atom. The van der Waals surface area contributed by atoms with E-state index in [1.54, 1.807) is 21.1 Å². The van der Waals surface area contributed by atoms with E-state index in [1.807, 2.05) is 30.3 Å². The zero-order valence-corrected chi connectivity index (χ0v) is 22.7. The second-order valence-corrected chi connectivity index (χ2v) is 7.68. The van der Waals surface area contributed by atoms with Gasteiger partial charge in [0.25, 0.3) is 5.91 Å². The van der Waals surface area contributed by atoms with E-state index in [9.17, 15) is 4.79 Å². The van der Waals surface area contributed by atoms with Crippen molar-refractivity contribution >= 4 is 35.8 Å². The summed E-state index contributed by atoms with van der Waals surface area (Å²) in [6.45, 7) is 7.71. The van der Waals surface area contributed by atoms with Crippen molar-refractivity contribution in [1.29, 1.82) is 0 Å². The molecule has 33 heavy (non-hydrogen) atoms. The molecule has 2 N–H and O–H groups in total. The van der Waals surface area contributed by atoms with Crippen molar-refractivity contribution in [2.45, 2.75) is 26.4 Å². The maximum Gasteiger partial charge on any atom is 0.259 e. The fourth-order valence-electron chi connectivity index (χ4n) is 3.42. The van der Waals surface area contributed by atoms with E-state index in [2.05, 4.69) is 58.6 Å². The highest BCUT2D eigenvalue weighted by atomic mass is 127. The lowest BCUT2D eigenvalue weighted by Crippen LogP contribution is -2.43. The number of likely N-dealkylation sites (N-methyl/N-ethyl adjacent to an activating group) is 2. The molecule has 0 saturated heterocycles. The Balaban J connectivity index is 0.00000544. The number of aliphatic imine (C=N–C) groups is 1. The summed E-state index contributed by atoms with van der Waals surface area (Å²) in [6.07, 6.45) is 0. The number of ether oxygens (including phenoxy) is 1. The molecule has 0 radical (unpaired) electrons. The van der Waals surface area contributed by atoms with Gasteiger partial charge < -0.3 is 20.3 Å². The van der Waals surface area contributed by atoms with Gasteiger partial charge >= 0.3 is 0 Å². The predicted octanol–water partition coefficient (Wildman–Crippen LogP) is 3.52. The lowest BCUT2D eigenvalue weighted by molar-refractivity contribution is -0.130. The van der Waals surface area contributed by atoms with Crippen LogP contribution in [0.2, 0.25) is 0 Å². The van der Waals surface area contributed by atoms with Crippen molar-refractivity contribution in [3.05, 3.63) is 65.7 Å². The van der Waals surface area contributed by atoms with Crippen molar-refractivity contribution < 1.29 is 9.53 Å². The van der Waals surface area contributed by atoms with Crippen molar-refractivity contribution in [2.24, 2.45) is 4.99 Å². The molecule has 182 valence electrons. The van der Waals surface area contributed by atoms with Crippen molar-refractivity contribution in [1.82, 2.24) is 20.4 Å². The summed E-state index contributed by atoms with van der Waals surface area (Å²) in [4.78, 5) is 20.1. The summed E-state index contributed by atoms with van der Waals surface area (Å²) in [5, 5.41) is 6.84. The molecular weight excluding hydrogens is 529 g/mol. The number of amides is 1. The number of nitrogens with one attached hydrogen (secondary N) is 2. The van der Waals surface area contributed by atoms with E-state index in [0.717, 1.165) is 31.2 Å². The first-order valence-corrected chi connectivity index (χ1v) is 11.1. The highest BCUT2D eigenvalue weighted by Crippen LogP contribution is 2.19. The number of guanidine groups is 1. The average Bonchev–Trinajstić information content (AvgIpc) is 2.82. The zero-order valence-electron chi connectivity index (χ0n) is 20.4. The number of nitrogens with zero attached hydrogens (tertiary/aromatic N) is 3.